The standard InChI is InChI=1S/C13H13N5/c14-9-11-4-5-13(18-10-11)17-8-7-16-12-3-1-2-6-15-12/h1-6,10H,7-8H2,(H,15,16)(H,17,18). The molecule has 0 aliphatic heterocycles. The van der Waals surface area contributed by atoms with Gasteiger partial charge >= 0.3 is 0 Å². The summed E-state index contributed by atoms with van der Waals surface area (Å²) in [5.41, 5.74) is 0.562. The van der Waals surface area contributed by atoms with Crippen molar-refractivity contribution in [2.45, 2.75) is 0 Å². The second-order valence-electron chi connectivity index (χ2n) is 3.61. The summed E-state index contributed by atoms with van der Waals surface area (Å²) >= 11 is 0. The number of nitrogens with one attached hydrogen (secondary N) is 2. The van der Waals surface area contributed by atoms with Gasteiger partial charge in [-0.25, -0.2) is 9.97 Å². The number of nitrogens with zero attached hydrogens (tertiary/aromatic N) is 3. The maximum absolute atomic E-state index is 8.64. The largest absolute Gasteiger partial charge is 0.368 e. The molecule has 0 fully saturated rings. The summed E-state index contributed by atoms with van der Waals surface area (Å²) in [7, 11) is 0. The predicted molar refractivity (Wildman–Crippen MR) is 70.2 cm³/mol. The zero-order chi connectivity index (χ0) is 12.6. The molecule has 0 aromatic carbocycles. The Kier molecular flexibility index (Phi) is 4.09. The van der Waals surface area contributed by atoms with E-state index in [-0.39, 0.29) is 0 Å². The molecule has 0 radical (unpaired) electrons. The number of pyridine rings is 2. The van der Waals surface area contributed by atoms with Crippen molar-refractivity contribution in [3.05, 3.63) is 48.3 Å². The van der Waals surface area contributed by atoms with Crippen LogP contribution in [0.15, 0.2) is 42.7 Å². The molecule has 5 nitrogen and oxygen atoms in total. The van der Waals surface area contributed by atoms with Gasteiger partial charge in [0, 0.05) is 25.5 Å². The Hall–Kier alpha value is -2.61. The van der Waals surface area contributed by atoms with Crippen LogP contribution in [-0.2, 0) is 0 Å². The van der Waals surface area contributed by atoms with Crippen LogP contribution in [0.5, 0.6) is 0 Å². The molecule has 0 bridgehead atoms. The average Bonchev–Trinajstić information content (AvgIpc) is 2.45. The van der Waals surface area contributed by atoms with Crippen LogP contribution in [0.3, 0.4) is 0 Å². The van der Waals surface area contributed by atoms with Gasteiger partial charge in [0.05, 0.1) is 5.56 Å². The van der Waals surface area contributed by atoms with Crippen molar-refractivity contribution in [1.29, 1.82) is 5.26 Å². The van der Waals surface area contributed by atoms with Crippen LogP contribution in [0.4, 0.5) is 11.6 Å². The first-order valence-electron chi connectivity index (χ1n) is 5.63. The lowest BCUT2D eigenvalue weighted by Gasteiger charge is -2.07. The molecule has 90 valence electrons. The van der Waals surface area contributed by atoms with E-state index in [2.05, 4.69) is 20.6 Å². The van der Waals surface area contributed by atoms with Crippen LogP contribution in [-0.4, -0.2) is 23.1 Å². The second-order valence-corrected chi connectivity index (χ2v) is 3.61. The zero-order valence-electron chi connectivity index (χ0n) is 9.80. The summed E-state index contributed by atoms with van der Waals surface area (Å²) in [4.78, 5) is 8.27. The van der Waals surface area contributed by atoms with Gasteiger partial charge in [-0.2, -0.15) is 5.26 Å². The van der Waals surface area contributed by atoms with Gasteiger partial charge in [0.2, 0.25) is 0 Å². The molecule has 0 amide bonds. The van der Waals surface area contributed by atoms with Crippen molar-refractivity contribution in [2.24, 2.45) is 0 Å². The highest BCUT2D eigenvalue weighted by molar-refractivity contribution is 5.39. The van der Waals surface area contributed by atoms with E-state index in [0.717, 1.165) is 24.7 Å². The first-order chi connectivity index (χ1) is 8.88. The van der Waals surface area contributed by atoms with Crippen LogP contribution in [0.1, 0.15) is 5.56 Å². The lowest BCUT2D eigenvalue weighted by molar-refractivity contribution is 1.04. The molecule has 5 heteroatoms. The number of anilines is 2. The van der Waals surface area contributed by atoms with Crippen molar-refractivity contribution in [2.75, 3.05) is 23.7 Å². The SMILES string of the molecule is N#Cc1ccc(NCCNc2ccccn2)nc1. The van der Waals surface area contributed by atoms with E-state index in [4.69, 9.17) is 5.26 Å². The number of hydrogen-bond donors (Lipinski definition) is 2. The summed E-state index contributed by atoms with van der Waals surface area (Å²) in [6, 6.07) is 11.3. The zero-order valence-corrected chi connectivity index (χ0v) is 9.80. The van der Waals surface area contributed by atoms with Crippen LogP contribution in [0, 0.1) is 11.3 Å². The van der Waals surface area contributed by atoms with E-state index in [1.54, 1.807) is 24.5 Å². The monoisotopic (exact) mass is 239 g/mol. The van der Waals surface area contributed by atoms with Gasteiger partial charge in [-0.05, 0) is 24.3 Å². The summed E-state index contributed by atoms with van der Waals surface area (Å²) in [6.45, 7) is 1.48. The van der Waals surface area contributed by atoms with E-state index in [1.165, 1.54) is 0 Å². The van der Waals surface area contributed by atoms with Gasteiger partial charge in [-0.15, -0.1) is 0 Å². The number of hydrogen-bond acceptors (Lipinski definition) is 5. The number of nitriles is 1. The lowest BCUT2D eigenvalue weighted by atomic mass is 10.3. The fourth-order valence-corrected chi connectivity index (χ4v) is 1.41. The third-order valence-electron chi connectivity index (χ3n) is 2.29. The molecule has 0 atom stereocenters. The van der Waals surface area contributed by atoms with Gasteiger partial charge in [0.1, 0.15) is 17.7 Å². The van der Waals surface area contributed by atoms with Gasteiger partial charge in [0.15, 0.2) is 0 Å². The molecule has 0 unspecified atom stereocenters. The van der Waals surface area contributed by atoms with Crippen molar-refractivity contribution in [1.82, 2.24) is 9.97 Å². The predicted octanol–water partition coefficient (Wildman–Crippen LogP) is 1.87. The number of aromatic nitrogens is 2. The highest BCUT2D eigenvalue weighted by Crippen LogP contribution is 2.03. The van der Waals surface area contributed by atoms with Gasteiger partial charge in [0.25, 0.3) is 0 Å². The molecule has 2 aromatic heterocycles. The van der Waals surface area contributed by atoms with Crippen molar-refractivity contribution >= 4 is 11.6 Å². The Labute approximate surface area is 106 Å². The van der Waals surface area contributed by atoms with Crippen molar-refractivity contribution in [3.63, 3.8) is 0 Å². The van der Waals surface area contributed by atoms with Gasteiger partial charge in [-0.1, -0.05) is 6.07 Å². The second kappa shape index (κ2) is 6.21. The highest BCUT2D eigenvalue weighted by Gasteiger charge is 1.95. The quantitative estimate of drug-likeness (QED) is 0.779. The van der Waals surface area contributed by atoms with E-state index < -0.39 is 0 Å². The van der Waals surface area contributed by atoms with Gasteiger partial charge < -0.3 is 10.6 Å². The van der Waals surface area contributed by atoms with E-state index in [9.17, 15) is 0 Å². The molecule has 2 heterocycles. The van der Waals surface area contributed by atoms with Crippen LogP contribution in [0.2, 0.25) is 0 Å². The molecule has 18 heavy (non-hydrogen) atoms. The van der Waals surface area contributed by atoms with Crippen LogP contribution in [0.25, 0.3) is 0 Å². The summed E-state index contributed by atoms with van der Waals surface area (Å²) < 4.78 is 0. The lowest BCUT2D eigenvalue weighted by Crippen LogP contribution is -2.14. The minimum Gasteiger partial charge on any atom is -0.368 e. The molecular formula is C13H13N5. The van der Waals surface area contributed by atoms with E-state index in [0.29, 0.717) is 5.56 Å². The fraction of sp³-hybridized carbons (Fsp3) is 0.154. The average molecular weight is 239 g/mol. The smallest absolute Gasteiger partial charge is 0.126 e. The maximum Gasteiger partial charge on any atom is 0.126 e. The summed E-state index contributed by atoms with van der Waals surface area (Å²) in [5.74, 6) is 1.61. The molecule has 0 spiro atoms. The first-order valence-corrected chi connectivity index (χ1v) is 5.63. The summed E-state index contributed by atoms with van der Waals surface area (Å²) in [5, 5.41) is 15.0. The molecule has 0 aliphatic carbocycles. The van der Waals surface area contributed by atoms with Crippen LogP contribution < -0.4 is 10.6 Å². The minimum absolute atomic E-state index is 0.562. The Bertz CT molecular complexity index is 515. The normalized spacial score (nSPS) is 9.50. The molecule has 2 N–H and O–H groups in total. The van der Waals surface area contributed by atoms with E-state index in [1.807, 2.05) is 24.3 Å². The topological polar surface area (TPSA) is 73.6 Å². The molecule has 0 saturated heterocycles. The number of rotatable bonds is 5. The van der Waals surface area contributed by atoms with Crippen LogP contribution >= 0.6 is 0 Å². The first kappa shape index (κ1) is 11.9. The van der Waals surface area contributed by atoms with Crippen molar-refractivity contribution in [3.8, 4) is 6.07 Å². The highest BCUT2D eigenvalue weighted by atomic mass is 15.0. The Morgan fingerprint density at radius 2 is 1.78 bits per heavy atom. The summed E-state index contributed by atoms with van der Waals surface area (Å²) in [6.07, 6.45) is 3.30. The third-order valence-corrected chi connectivity index (χ3v) is 2.29. The Morgan fingerprint density at radius 1 is 1.00 bits per heavy atom. The Balaban J connectivity index is 1.74. The third kappa shape index (κ3) is 3.46. The van der Waals surface area contributed by atoms with E-state index >= 15 is 0 Å². The minimum atomic E-state index is 0.562. The van der Waals surface area contributed by atoms with Gasteiger partial charge in [-0.3, -0.25) is 0 Å². The fourth-order valence-electron chi connectivity index (χ4n) is 1.41. The molecule has 0 saturated carbocycles. The van der Waals surface area contributed by atoms with Crippen molar-refractivity contribution < 1.29 is 0 Å². The molecule has 0 aliphatic rings. The Morgan fingerprint density at radius 3 is 2.33 bits per heavy atom. The molecule has 2 aromatic rings. The maximum atomic E-state index is 8.64. The molecule has 2 rings (SSSR count). The molecular weight excluding hydrogens is 226 g/mol.